The van der Waals surface area contributed by atoms with Crippen LogP contribution in [0, 0.1) is 0 Å². The van der Waals surface area contributed by atoms with Gasteiger partial charge in [-0.05, 0) is 36.4 Å². The van der Waals surface area contributed by atoms with Gasteiger partial charge in [-0.15, -0.1) is 0 Å². The zero-order valence-corrected chi connectivity index (χ0v) is 16.9. The number of rotatable bonds is 4. The molecule has 1 aliphatic heterocycles. The molecule has 4 heteroatoms. The molecule has 0 aliphatic carbocycles. The van der Waals surface area contributed by atoms with Crippen molar-refractivity contribution in [3.63, 3.8) is 0 Å². The van der Waals surface area contributed by atoms with E-state index in [4.69, 9.17) is 21.4 Å². The maximum absolute atomic E-state index is 6.44. The number of anilines is 1. The van der Waals surface area contributed by atoms with Gasteiger partial charge < -0.3 is 4.84 Å². The second-order valence-corrected chi connectivity index (χ2v) is 7.49. The van der Waals surface area contributed by atoms with Crippen LogP contribution in [0.4, 0.5) is 5.69 Å². The lowest BCUT2D eigenvalue weighted by atomic mass is 9.90. The number of benzene rings is 4. The van der Waals surface area contributed by atoms with Gasteiger partial charge in [-0.1, -0.05) is 90.5 Å². The van der Waals surface area contributed by atoms with E-state index < -0.39 is 5.66 Å². The summed E-state index contributed by atoms with van der Waals surface area (Å²) in [6.07, 6.45) is 0. The third-order valence-corrected chi connectivity index (χ3v) is 5.42. The summed E-state index contributed by atoms with van der Waals surface area (Å²) in [5.41, 5.74) is 2.93. The molecule has 0 N–H and O–H groups in total. The Labute approximate surface area is 180 Å². The van der Waals surface area contributed by atoms with Gasteiger partial charge in [0, 0.05) is 21.7 Å². The van der Waals surface area contributed by atoms with Crippen LogP contribution in [-0.2, 0) is 10.5 Å². The second-order valence-electron chi connectivity index (χ2n) is 7.05. The van der Waals surface area contributed by atoms with Crippen molar-refractivity contribution in [1.82, 2.24) is 0 Å². The minimum absolute atomic E-state index is 0.568. The molecular weight excluding hydrogens is 392 g/mol. The van der Waals surface area contributed by atoms with Crippen LogP contribution >= 0.6 is 11.6 Å². The van der Waals surface area contributed by atoms with Crippen molar-refractivity contribution in [1.29, 1.82) is 0 Å². The van der Waals surface area contributed by atoms with Gasteiger partial charge in [0.2, 0.25) is 5.66 Å². The van der Waals surface area contributed by atoms with Crippen molar-refractivity contribution in [2.75, 3.05) is 5.06 Å². The topological polar surface area (TPSA) is 24.8 Å². The van der Waals surface area contributed by atoms with Crippen molar-refractivity contribution in [2.45, 2.75) is 5.66 Å². The smallest absolute Gasteiger partial charge is 0.251 e. The second kappa shape index (κ2) is 7.69. The van der Waals surface area contributed by atoms with E-state index in [1.165, 1.54) is 0 Å². The highest BCUT2D eigenvalue weighted by Crippen LogP contribution is 2.45. The van der Waals surface area contributed by atoms with Crippen molar-refractivity contribution in [2.24, 2.45) is 4.99 Å². The summed E-state index contributed by atoms with van der Waals surface area (Å²) in [5.74, 6) is 0.568. The lowest BCUT2D eigenvalue weighted by Gasteiger charge is -2.36. The lowest BCUT2D eigenvalue weighted by Crippen LogP contribution is -2.42. The zero-order chi connectivity index (χ0) is 20.4. The van der Waals surface area contributed by atoms with E-state index in [-0.39, 0.29) is 0 Å². The molecular formula is C26H19ClN2O. The normalized spacial score (nSPS) is 14.8. The Hall–Kier alpha value is -3.56. The molecule has 0 bridgehead atoms. The van der Waals surface area contributed by atoms with Gasteiger partial charge >= 0.3 is 0 Å². The van der Waals surface area contributed by atoms with Crippen LogP contribution in [0.3, 0.4) is 0 Å². The standard InChI is InChI=1S/C26H19ClN2O/c27-23-16-18-24(19-17-23)29-26(21-12-6-2-7-13-21,22-14-8-3-9-15-22)28-25(30-29)20-10-4-1-5-11-20/h1-19H. The maximum atomic E-state index is 6.44. The first-order valence-corrected chi connectivity index (χ1v) is 10.2. The van der Waals surface area contributed by atoms with Gasteiger partial charge in [0.15, 0.2) is 0 Å². The van der Waals surface area contributed by atoms with Crippen LogP contribution in [0.25, 0.3) is 0 Å². The maximum Gasteiger partial charge on any atom is 0.251 e. The van der Waals surface area contributed by atoms with Crippen LogP contribution in [0.5, 0.6) is 0 Å². The molecule has 1 heterocycles. The van der Waals surface area contributed by atoms with Crippen molar-refractivity contribution in [3.05, 3.63) is 137 Å². The zero-order valence-electron chi connectivity index (χ0n) is 16.2. The van der Waals surface area contributed by atoms with E-state index in [9.17, 15) is 0 Å². The number of nitrogens with zero attached hydrogens (tertiary/aromatic N) is 2. The quantitative estimate of drug-likeness (QED) is 0.386. The summed E-state index contributed by atoms with van der Waals surface area (Å²) in [5, 5.41) is 2.54. The molecule has 4 aromatic rings. The number of hydroxylamine groups is 1. The third-order valence-electron chi connectivity index (χ3n) is 5.17. The van der Waals surface area contributed by atoms with Crippen LogP contribution in [0.2, 0.25) is 5.02 Å². The fraction of sp³-hybridized carbons (Fsp3) is 0.0385. The average molecular weight is 411 g/mol. The van der Waals surface area contributed by atoms with E-state index in [0.29, 0.717) is 10.9 Å². The predicted octanol–water partition coefficient (Wildman–Crippen LogP) is 6.44. The summed E-state index contributed by atoms with van der Waals surface area (Å²) in [6.45, 7) is 0. The van der Waals surface area contributed by atoms with Gasteiger partial charge in [0.05, 0.1) is 5.69 Å². The van der Waals surface area contributed by atoms with E-state index in [0.717, 1.165) is 22.4 Å². The van der Waals surface area contributed by atoms with Gasteiger partial charge in [0.1, 0.15) is 0 Å². The Kier molecular flexibility index (Phi) is 4.74. The van der Waals surface area contributed by atoms with E-state index in [1.54, 1.807) is 0 Å². The largest absolute Gasteiger partial charge is 0.356 e. The molecule has 0 aromatic heterocycles. The monoisotopic (exact) mass is 410 g/mol. The van der Waals surface area contributed by atoms with E-state index in [2.05, 4.69) is 24.3 Å². The molecule has 146 valence electrons. The van der Waals surface area contributed by atoms with E-state index in [1.807, 2.05) is 96.1 Å². The van der Waals surface area contributed by atoms with Crippen molar-refractivity contribution < 1.29 is 4.84 Å². The fourth-order valence-electron chi connectivity index (χ4n) is 3.75. The summed E-state index contributed by atoms with van der Waals surface area (Å²) < 4.78 is 0. The molecule has 0 saturated carbocycles. The molecule has 3 nitrogen and oxygen atoms in total. The van der Waals surface area contributed by atoms with Gasteiger partial charge in [-0.3, -0.25) is 0 Å². The van der Waals surface area contributed by atoms with Crippen LogP contribution < -0.4 is 5.06 Å². The third kappa shape index (κ3) is 3.14. The van der Waals surface area contributed by atoms with Crippen LogP contribution in [0.15, 0.2) is 120 Å². The van der Waals surface area contributed by atoms with Gasteiger partial charge in [-0.25, -0.2) is 4.99 Å². The summed E-state index contributed by atoms with van der Waals surface area (Å²) in [6, 6.07) is 38.0. The Morgan fingerprint density at radius 1 is 0.633 bits per heavy atom. The number of hydrogen-bond donors (Lipinski definition) is 0. The molecule has 0 spiro atoms. The Balaban J connectivity index is 1.78. The molecule has 5 rings (SSSR count). The summed E-state index contributed by atoms with van der Waals surface area (Å²) in [4.78, 5) is 11.6. The first-order chi connectivity index (χ1) is 14.8. The van der Waals surface area contributed by atoms with Gasteiger partial charge in [-0.2, -0.15) is 5.06 Å². The number of halogens is 1. The predicted molar refractivity (Wildman–Crippen MR) is 122 cm³/mol. The minimum Gasteiger partial charge on any atom is -0.356 e. The fourth-order valence-corrected chi connectivity index (χ4v) is 3.88. The molecule has 0 unspecified atom stereocenters. The summed E-state index contributed by atoms with van der Waals surface area (Å²) in [7, 11) is 0. The highest BCUT2D eigenvalue weighted by Gasteiger charge is 2.48. The molecule has 0 atom stereocenters. The first kappa shape index (κ1) is 18.5. The molecule has 0 fully saturated rings. The highest BCUT2D eigenvalue weighted by molar-refractivity contribution is 6.30. The average Bonchev–Trinajstić information content (AvgIpc) is 3.23. The minimum atomic E-state index is -0.873. The summed E-state index contributed by atoms with van der Waals surface area (Å²) >= 11 is 6.16. The van der Waals surface area contributed by atoms with E-state index >= 15 is 0 Å². The molecule has 0 radical (unpaired) electrons. The molecule has 0 amide bonds. The Bertz CT molecular complexity index is 1120. The molecule has 4 aromatic carbocycles. The molecule has 30 heavy (non-hydrogen) atoms. The Morgan fingerprint density at radius 3 is 1.67 bits per heavy atom. The Morgan fingerprint density at radius 2 is 1.13 bits per heavy atom. The van der Waals surface area contributed by atoms with Crippen LogP contribution in [-0.4, -0.2) is 5.90 Å². The highest BCUT2D eigenvalue weighted by atomic mass is 35.5. The van der Waals surface area contributed by atoms with Gasteiger partial charge in [0.25, 0.3) is 5.90 Å². The lowest BCUT2D eigenvalue weighted by molar-refractivity contribution is 0.231. The number of hydrogen-bond acceptors (Lipinski definition) is 3. The molecule has 1 aliphatic rings. The van der Waals surface area contributed by atoms with Crippen LogP contribution in [0.1, 0.15) is 16.7 Å². The molecule has 0 saturated heterocycles. The van der Waals surface area contributed by atoms with Crippen molar-refractivity contribution >= 4 is 23.2 Å². The first-order valence-electron chi connectivity index (χ1n) is 9.77. The number of aliphatic imine (C=N–C) groups is 1. The SMILES string of the molecule is Clc1ccc(N2OC(c3ccccc3)=NC2(c2ccccc2)c2ccccc2)cc1. The van der Waals surface area contributed by atoms with Crippen molar-refractivity contribution in [3.8, 4) is 0 Å².